The Morgan fingerprint density at radius 1 is 1.16 bits per heavy atom. The molecule has 0 amide bonds. The molecule has 0 radical (unpaired) electrons. The Morgan fingerprint density at radius 2 is 2.04 bits per heavy atom. The van der Waals surface area contributed by atoms with Gasteiger partial charge >= 0.3 is 0 Å². The minimum atomic E-state index is -0.255. The molecule has 4 heterocycles. The molecule has 0 spiro atoms. The van der Waals surface area contributed by atoms with E-state index in [0.717, 1.165) is 44.0 Å². The summed E-state index contributed by atoms with van der Waals surface area (Å²) < 4.78 is 1.33. The fourth-order valence-electron chi connectivity index (χ4n) is 3.68. The van der Waals surface area contributed by atoms with Gasteiger partial charge in [-0.25, -0.2) is 4.98 Å². The summed E-state index contributed by atoms with van der Waals surface area (Å²) in [4.78, 5) is 9.40. The fraction of sp³-hybridized carbons (Fsp3) is 0.526. The van der Waals surface area contributed by atoms with Crippen LogP contribution < -0.4 is 4.90 Å². The first-order chi connectivity index (χ1) is 12.3. The first-order valence-electron chi connectivity index (χ1n) is 9.10. The maximum absolute atomic E-state index is 10.3. The summed E-state index contributed by atoms with van der Waals surface area (Å²) in [5, 5.41) is 12.9. The van der Waals surface area contributed by atoms with Crippen molar-refractivity contribution < 1.29 is 5.11 Å². The number of fused-ring (bicyclic) bond motifs is 1. The zero-order chi connectivity index (χ0) is 17.1. The van der Waals surface area contributed by atoms with Crippen molar-refractivity contribution in [2.24, 2.45) is 0 Å². The van der Waals surface area contributed by atoms with E-state index in [0.29, 0.717) is 5.25 Å². The third-order valence-corrected chi connectivity index (χ3v) is 7.63. The maximum atomic E-state index is 10.3. The second-order valence-corrected chi connectivity index (χ2v) is 9.30. The van der Waals surface area contributed by atoms with Gasteiger partial charge in [-0.15, -0.1) is 23.1 Å². The van der Waals surface area contributed by atoms with E-state index in [1.807, 2.05) is 24.0 Å². The molecule has 2 atom stereocenters. The van der Waals surface area contributed by atoms with Crippen LogP contribution in [0.1, 0.15) is 30.9 Å². The van der Waals surface area contributed by atoms with E-state index in [4.69, 9.17) is 0 Å². The predicted molar refractivity (Wildman–Crippen MR) is 106 cm³/mol. The molecule has 1 saturated heterocycles. The maximum Gasteiger partial charge on any atom is 0.128 e. The van der Waals surface area contributed by atoms with Crippen LogP contribution in [-0.4, -0.2) is 53.0 Å². The Kier molecular flexibility index (Phi) is 5.60. The molecule has 0 aliphatic carbocycles. The molecular weight excluding hydrogens is 350 g/mol. The van der Waals surface area contributed by atoms with E-state index < -0.39 is 0 Å². The molecule has 6 heteroatoms. The predicted octanol–water partition coefficient (Wildman–Crippen LogP) is 3.64. The minimum Gasteiger partial charge on any atom is -0.388 e. The van der Waals surface area contributed by atoms with Gasteiger partial charge in [-0.1, -0.05) is 6.07 Å². The van der Waals surface area contributed by atoms with Gasteiger partial charge in [-0.05, 0) is 49.4 Å². The lowest BCUT2D eigenvalue weighted by molar-refractivity contribution is 0.160. The Labute approximate surface area is 157 Å². The lowest BCUT2D eigenvalue weighted by Crippen LogP contribution is -2.47. The molecule has 2 aromatic rings. The number of aromatic nitrogens is 1. The number of thiophene rings is 1. The molecule has 134 valence electrons. The van der Waals surface area contributed by atoms with E-state index in [-0.39, 0.29) is 6.10 Å². The van der Waals surface area contributed by atoms with Crippen molar-refractivity contribution >= 4 is 28.9 Å². The van der Waals surface area contributed by atoms with E-state index in [1.54, 1.807) is 11.3 Å². The van der Waals surface area contributed by atoms with Crippen molar-refractivity contribution in [3.63, 3.8) is 0 Å². The summed E-state index contributed by atoms with van der Waals surface area (Å²) in [6, 6.07) is 8.21. The number of piperazine rings is 1. The van der Waals surface area contributed by atoms with Crippen LogP contribution in [0.25, 0.3) is 0 Å². The summed E-state index contributed by atoms with van der Waals surface area (Å²) in [6.45, 7) is 5.53. The lowest BCUT2D eigenvalue weighted by atomic mass is 10.0. The van der Waals surface area contributed by atoms with Crippen LogP contribution in [0.5, 0.6) is 0 Å². The number of rotatable bonds is 5. The zero-order valence-electron chi connectivity index (χ0n) is 14.4. The molecular formula is C19H25N3OS2. The van der Waals surface area contributed by atoms with Gasteiger partial charge in [0.05, 0.1) is 10.3 Å². The van der Waals surface area contributed by atoms with Gasteiger partial charge in [0.15, 0.2) is 0 Å². The van der Waals surface area contributed by atoms with Crippen molar-refractivity contribution in [1.82, 2.24) is 9.88 Å². The number of thioether (sulfide) groups is 1. The van der Waals surface area contributed by atoms with Crippen LogP contribution in [0.3, 0.4) is 0 Å². The molecule has 2 unspecified atom stereocenters. The largest absolute Gasteiger partial charge is 0.388 e. The van der Waals surface area contributed by atoms with Crippen molar-refractivity contribution in [3.8, 4) is 0 Å². The summed E-state index contributed by atoms with van der Waals surface area (Å²) >= 11 is 3.75. The van der Waals surface area contributed by atoms with Crippen molar-refractivity contribution in [3.05, 3.63) is 41.4 Å². The highest BCUT2D eigenvalue weighted by molar-refractivity contribution is 8.01. The highest BCUT2D eigenvalue weighted by Crippen LogP contribution is 2.45. The second kappa shape index (κ2) is 8.08. The molecule has 1 fully saturated rings. The van der Waals surface area contributed by atoms with Crippen molar-refractivity contribution in [1.29, 1.82) is 0 Å². The van der Waals surface area contributed by atoms with Crippen LogP contribution in [-0.2, 0) is 0 Å². The van der Waals surface area contributed by atoms with Crippen molar-refractivity contribution in [2.45, 2.75) is 34.8 Å². The van der Waals surface area contributed by atoms with E-state index in [1.165, 1.54) is 23.6 Å². The lowest BCUT2D eigenvalue weighted by Gasteiger charge is -2.35. The molecule has 4 nitrogen and oxygen atoms in total. The third-order valence-electron chi connectivity index (χ3n) is 5.12. The Morgan fingerprint density at radius 3 is 2.84 bits per heavy atom. The second-order valence-electron chi connectivity index (χ2n) is 6.81. The first kappa shape index (κ1) is 17.3. The van der Waals surface area contributed by atoms with Crippen LogP contribution in [0.2, 0.25) is 0 Å². The number of pyridine rings is 1. The molecule has 2 aliphatic heterocycles. The Balaban J connectivity index is 1.19. The minimum absolute atomic E-state index is 0.255. The molecule has 2 aliphatic rings. The van der Waals surface area contributed by atoms with Gasteiger partial charge in [0, 0.05) is 43.2 Å². The Hall–Kier alpha value is -1.08. The molecule has 4 rings (SSSR count). The normalized spacial score (nSPS) is 24.3. The van der Waals surface area contributed by atoms with Gasteiger partial charge in [0.1, 0.15) is 5.82 Å². The summed E-state index contributed by atoms with van der Waals surface area (Å²) in [7, 11) is 0. The molecule has 0 aromatic carbocycles. The van der Waals surface area contributed by atoms with E-state index in [9.17, 15) is 5.11 Å². The molecule has 1 N–H and O–H groups in total. The monoisotopic (exact) mass is 375 g/mol. The number of aliphatic hydroxyl groups is 1. The SMILES string of the molecule is OC1CC(CCCN2CCN(c3ccccn3)CC2)Sc2sccc21. The van der Waals surface area contributed by atoms with Crippen molar-refractivity contribution in [2.75, 3.05) is 37.6 Å². The van der Waals surface area contributed by atoms with Crippen LogP contribution in [0, 0.1) is 0 Å². The summed E-state index contributed by atoms with van der Waals surface area (Å²) in [5.74, 6) is 1.10. The van der Waals surface area contributed by atoms with Gasteiger partial charge in [-0.2, -0.15) is 0 Å². The molecule has 0 saturated carbocycles. The van der Waals surface area contributed by atoms with Gasteiger partial charge in [-0.3, -0.25) is 4.90 Å². The third kappa shape index (κ3) is 4.19. The van der Waals surface area contributed by atoms with E-state index >= 15 is 0 Å². The summed E-state index contributed by atoms with van der Waals surface area (Å²) in [5.41, 5.74) is 1.15. The zero-order valence-corrected chi connectivity index (χ0v) is 16.0. The smallest absolute Gasteiger partial charge is 0.128 e. The highest BCUT2D eigenvalue weighted by Gasteiger charge is 2.27. The van der Waals surface area contributed by atoms with Crippen LogP contribution in [0.15, 0.2) is 40.1 Å². The first-order valence-corrected chi connectivity index (χ1v) is 10.9. The topological polar surface area (TPSA) is 39.6 Å². The highest BCUT2D eigenvalue weighted by atomic mass is 32.2. The number of anilines is 1. The Bertz CT molecular complexity index is 670. The van der Waals surface area contributed by atoms with Gasteiger partial charge < -0.3 is 10.0 Å². The molecule has 25 heavy (non-hydrogen) atoms. The summed E-state index contributed by atoms with van der Waals surface area (Å²) in [6.07, 6.45) is 4.93. The average molecular weight is 376 g/mol. The van der Waals surface area contributed by atoms with Gasteiger partial charge in [0.2, 0.25) is 0 Å². The number of aliphatic hydroxyl groups excluding tert-OH is 1. The standard InChI is InChI=1S/C19H25N3OS2/c23-17-14-15(25-19-16(17)6-13-24-19)4-3-8-21-9-11-22(12-10-21)18-5-1-2-7-20-18/h1-2,5-7,13,15,17,23H,3-4,8-12,14H2. The fourth-order valence-corrected chi connectivity index (χ4v) is 6.37. The number of hydrogen-bond acceptors (Lipinski definition) is 6. The van der Waals surface area contributed by atoms with Gasteiger partial charge in [0.25, 0.3) is 0 Å². The van der Waals surface area contributed by atoms with Crippen LogP contribution >= 0.6 is 23.1 Å². The molecule has 2 aromatic heterocycles. The number of nitrogens with zero attached hydrogens (tertiary/aromatic N) is 3. The van der Waals surface area contributed by atoms with Crippen LogP contribution in [0.4, 0.5) is 5.82 Å². The molecule has 0 bridgehead atoms. The van der Waals surface area contributed by atoms with E-state index in [2.05, 4.69) is 38.4 Å². The number of hydrogen-bond donors (Lipinski definition) is 1. The quantitative estimate of drug-likeness (QED) is 0.864. The average Bonchev–Trinajstić information content (AvgIpc) is 3.12.